The Hall–Kier alpha value is -1.10. The standard InChI is InChI=1S/C14H27NO4/c1-13(2,3)18-11(16)9-7-8-10(15)12(17)19-14(4,5)6/h10H,7-9,15H2,1-6H3/t10-/m1/s1. The first-order valence-electron chi connectivity index (χ1n) is 6.61. The van der Waals surface area contributed by atoms with Gasteiger partial charge >= 0.3 is 11.9 Å². The van der Waals surface area contributed by atoms with Gasteiger partial charge in [-0.3, -0.25) is 9.59 Å². The molecule has 0 amide bonds. The summed E-state index contributed by atoms with van der Waals surface area (Å²) >= 11 is 0. The Labute approximate surface area is 115 Å². The highest BCUT2D eigenvalue weighted by Gasteiger charge is 2.22. The summed E-state index contributed by atoms with van der Waals surface area (Å²) in [5.41, 5.74) is 4.69. The molecule has 0 aliphatic heterocycles. The number of carbonyl (C=O) groups excluding carboxylic acids is 2. The molecule has 112 valence electrons. The average molecular weight is 273 g/mol. The maximum absolute atomic E-state index is 11.6. The van der Waals surface area contributed by atoms with Gasteiger partial charge in [0, 0.05) is 6.42 Å². The molecule has 0 rings (SSSR count). The lowest BCUT2D eigenvalue weighted by molar-refractivity contribution is -0.158. The van der Waals surface area contributed by atoms with Crippen molar-refractivity contribution in [3.8, 4) is 0 Å². The van der Waals surface area contributed by atoms with Crippen LogP contribution < -0.4 is 5.73 Å². The van der Waals surface area contributed by atoms with Crippen LogP contribution in [0.1, 0.15) is 60.8 Å². The molecule has 0 bridgehead atoms. The molecule has 0 heterocycles. The number of nitrogens with two attached hydrogens (primary N) is 1. The van der Waals surface area contributed by atoms with Crippen LogP contribution in [-0.2, 0) is 19.1 Å². The molecule has 0 aliphatic rings. The second-order valence-electron chi connectivity index (χ2n) is 6.62. The number of hydrogen-bond acceptors (Lipinski definition) is 5. The van der Waals surface area contributed by atoms with E-state index < -0.39 is 23.2 Å². The fraction of sp³-hybridized carbons (Fsp3) is 0.857. The number of hydrogen-bond donors (Lipinski definition) is 1. The van der Waals surface area contributed by atoms with Gasteiger partial charge in [-0.05, 0) is 54.4 Å². The van der Waals surface area contributed by atoms with E-state index in [9.17, 15) is 9.59 Å². The van der Waals surface area contributed by atoms with Crippen molar-refractivity contribution >= 4 is 11.9 Å². The second-order valence-corrected chi connectivity index (χ2v) is 6.62. The molecule has 0 radical (unpaired) electrons. The summed E-state index contributed by atoms with van der Waals surface area (Å²) in [4.78, 5) is 23.1. The third kappa shape index (κ3) is 10.5. The largest absolute Gasteiger partial charge is 0.460 e. The molecule has 0 unspecified atom stereocenters. The van der Waals surface area contributed by atoms with Gasteiger partial charge in [0.2, 0.25) is 0 Å². The van der Waals surface area contributed by atoms with Gasteiger partial charge in [0.25, 0.3) is 0 Å². The van der Waals surface area contributed by atoms with Crippen LogP contribution in [-0.4, -0.2) is 29.2 Å². The van der Waals surface area contributed by atoms with E-state index >= 15 is 0 Å². The normalized spacial score (nSPS) is 13.8. The first-order chi connectivity index (χ1) is 8.41. The molecule has 1 atom stereocenters. The Morgan fingerprint density at radius 1 is 1.00 bits per heavy atom. The lowest BCUT2D eigenvalue weighted by Crippen LogP contribution is -2.37. The Balaban J connectivity index is 3.95. The molecule has 2 N–H and O–H groups in total. The van der Waals surface area contributed by atoms with Crippen molar-refractivity contribution in [2.75, 3.05) is 0 Å². The van der Waals surface area contributed by atoms with Gasteiger partial charge in [-0.1, -0.05) is 0 Å². The number of rotatable bonds is 5. The Kier molecular flexibility index (Phi) is 6.49. The lowest BCUT2D eigenvalue weighted by Gasteiger charge is -2.22. The maximum Gasteiger partial charge on any atom is 0.323 e. The van der Waals surface area contributed by atoms with Crippen molar-refractivity contribution in [2.24, 2.45) is 5.73 Å². The zero-order chi connectivity index (χ0) is 15.3. The van der Waals surface area contributed by atoms with Crippen molar-refractivity contribution < 1.29 is 19.1 Å². The van der Waals surface area contributed by atoms with E-state index in [1.54, 1.807) is 20.8 Å². The van der Waals surface area contributed by atoms with Crippen LogP contribution in [0.15, 0.2) is 0 Å². The quantitative estimate of drug-likeness (QED) is 0.777. The molecule has 0 fully saturated rings. The van der Waals surface area contributed by atoms with Gasteiger partial charge < -0.3 is 15.2 Å². The van der Waals surface area contributed by atoms with E-state index in [-0.39, 0.29) is 12.4 Å². The minimum absolute atomic E-state index is 0.258. The Morgan fingerprint density at radius 3 is 1.89 bits per heavy atom. The van der Waals surface area contributed by atoms with Crippen LogP contribution in [0.2, 0.25) is 0 Å². The molecule has 5 nitrogen and oxygen atoms in total. The summed E-state index contributed by atoms with van der Waals surface area (Å²) < 4.78 is 10.3. The molecular weight excluding hydrogens is 246 g/mol. The van der Waals surface area contributed by atoms with E-state index in [2.05, 4.69) is 0 Å². The highest BCUT2D eigenvalue weighted by atomic mass is 16.6. The molecule has 0 saturated carbocycles. The van der Waals surface area contributed by atoms with Crippen LogP contribution >= 0.6 is 0 Å². The van der Waals surface area contributed by atoms with Crippen LogP contribution in [0.5, 0.6) is 0 Å². The Bertz CT molecular complexity index is 312. The molecule has 0 aromatic carbocycles. The van der Waals surface area contributed by atoms with Crippen molar-refractivity contribution in [2.45, 2.75) is 78.0 Å². The van der Waals surface area contributed by atoms with E-state index in [4.69, 9.17) is 15.2 Å². The summed E-state index contributed by atoms with van der Waals surface area (Å²) in [6.45, 7) is 10.8. The first-order valence-corrected chi connectivity index (χ1v) is 6.61. The third-order valence-corrected chi connectivity index (χ3v) is 2.03. The van der Waals surface area contributed by atoms with Crippen LogP contribution in [0, 0.1) is 0 Å². The fourth-order valence-corrected chi connectivity index (χ4v) is 1.35. The topological polar surface area (TPSA) is 78.6 Å². The van der Waals surface area contributed by atoms with Crippen molar-refractivity contribution in [3.63, 3.8) is 0 Å². The summed E-state index contributed by atoms with van der Waals surface area (Å²) in [5.74, 6) is -0.708. The summed E-state index contributed by atoms with van der Waals surface area (Å²) in [7, 11) is 0. The number of carbonyl (C=O) groups is 2. The molecule has 0 spiro atoms. The monoisotopic (exact) mass is 273 g/mol. The SMILES string of the molecule is CC(C)(C)OC(=O)CCC[C@@H](N)C(=O)OC(C)(C)C. The molecule has 0 aliphatic carbocycles. The molecule has 0 saturated heterocycles. The van der Waals surface area contributed by atoms with E-state index in [0.29, 0.717) is 12.8 Å². The highest BCUT2D eigenvalue weighted by molar-refractivity contribution is 5.76. The zero-order valence-electron chi connectivity index (χ0n) is 12.9. The predicted octanol–water partition coefficient (Wildman–Crippen LogP) is 2.17. The van der Waals surface area contributed by atoms with E-state index in [1.807, 2.05) is 20.8 Å². The summed E-state index contributed by atoms with van der Waals surface area (Å²) in [6, 6.07) is -0.693. The predicted molar refractivity (Wildman–Crippen MR) is 73.5 cm³/mol. The molecule has 0 aromatic rings. The first kappa shape index (κ1) is 17.9. The minimum atomic E-state index is -0.693. The third-order valence-electron chi connectivity index (χ3n) is 2.03. The fourth-order valence-electron chi connectivity index (χ4n) is 1.35. The van der Waals surface area contributed by atoms with Crippen molar-refractivity contribution in [1.29, 1.82) is 0 Å². The number of ether oxygens (including phenoxy) is 2. The highest BCUT2D eigenvalue weighted by Crippen LogP contribution is 2.12. The van der Waals surface area contributed by atoms with Gasteiger partial charge in [0.15, 0.2) is 0 Å². The van der Waals surface area contributed by atoms with Crippen molar-refractivity contribution in [3.05, 3.63) is 0 Å². The smallest absolute Gasteiger partial charge is 0.323 e. The van der Waals surface area contributed by atoms with Gasteiger partial charge in [0.05, 0.1) is 0 Å². The zero-order valence-corrected chi connectivity index (χ0v) is 12.9. The molecule has 5 heteroatoms. The number of esters is 2. The second kappa shape index (κ2) is 6.89. The maximum atomic E-state index is 11.6. The van der Waals surface area contributed by atoms with Gasteiger partial charge in [0.1, 0.15) is 17.2 Å². The van der Waals surface area contributed by atoms with Gasteiger partial charge in [-0.15, -0.1) is 0 Å². The Morgan fingerprint density at radius 2 is 1.47 bits per heavy atom. The summed E-state index contributed by atoms with van der Waals surface area (Å²) in [6.07, 6.45) is 1.18. The van der Waals surface area contributed by atoms with Crippen LogP contribution in [0.3, 0.4) is 0 Å². The van der Waals surface area contributed by atoms with E-state index in [1.165, 1.54) is 0 Å². The van der Waals surface area contributed by atoms with Crippen LogP contribution in [0.25, 0.3) is 0 Å². The van der Waals surface area contributed by atoms with E-state index in [0.717, 1.165) is 0 Å². The van der Waals surface area contributed by atoms with Crippen molar-refractivity contribution in [1.82, 2.24) is 0 Å². The molecular formula is C14H27NO4. The van der Waals surface area contributed by atoms with Gasteiger partial charge in [-0.25, -0.2) is 0 Å². The minimum Gasteiger partial charge on any atom is -0.460 e. The lowest BCUT2D eigenvalue weighted by atomic mass is 10.1. The van der Waals surface area contributed by atoms with Gasteiger partial charge in [-0.2, -0.15) is 0 Å². The molecule has 19 heavy (non-hydrogen) atoms. The molecule has 0 aromatic heterocycles. The van der Waals surface area contributed by atoms with Crippen LogP contribution in [0.4, 0.5) is 0 Å². The summed E-state index contributed by atoms with van der Waals surface area (Å²) in [5, 5.41) is 0. The average Bonchev–Trinajstić information content (AvgIpc) is 2.11.